The molecule has 0 aromatic carbocycles. The zero-order valence-corrected chi connectivity index (χ0v) is 7.67. The van der Waals surface area contributed by atoms with Crippen LogP contribution >= 0.6 is 0 Å². The summed E-state index contributed by atoms with van der Waals surface area (Å²) in [5, 5.41) is 0. The summed E-state index contributed by atoms with van der Waals surface area (Å²) in [6.45, 7) is 1.94. The van der Waals surface area contributed by atoms with Crippen molar-refractivity contribution >= 4 is 5.97 Å². The maximum atomic E-state index is 12.5. The first-order valence-electron chi connectivity index (χ1n) is 4.16. The molecule has 0 aliphatic carbocycles. The van der Waals surface area contributed by atoms with E-state index >= 15 is 0 Å². The lowest BCUT2D eigenvalue weighted by Crippen LogP contribution is -2.16. The Hall–Kier alpha value is -1.65. The van der Waals surface area contributed by atoms with Gasteiger partial charge in [0.2, 0.25) is 0 Å². The molecule has 0 aliphatic rings. The van der Waals surface area contributed by atoms with Gasteiger partial charge in [-0.15, -0.1) is 0 Å². The molecule has 0 saturated heterocycles. The molecule has 1 aromatic heterocycles. The largest absolute Gasteiger partial charge is 0.466 e. The summed E-state index contributed by atoms with van der Waals surface area (Å²) in [5.74, 6) is -1.22. The van der Waals surface area contributed by atoms with Crippen molar-refractivity contribution in [2.45, 2.75) is 13.3 Å². The first-order valence-corrected chi connectivity index (χ1v) is 4.16. The average Bonchev–Trinajstić information content (AvgIpc) is 2.10. The Morgan fingerprint density at radius 3 is 2.93 bits per heavy atom. The smallest absolute Gasteiger partial charge is 0.310 e. The molecule has 0 aliphatic heterocycles. The van der Waals surface area contributed by atoms with Crippen LogP contribution in [-0.2, 0) is 16.0 Å². The highest BCUT2D eigenvalue weighted by Gasteiger charge is 2.07. The van der Waals surface area contributed by atoms with Gasteiger partial charge in [-0.05, 0) is 6.92 Å². The topological polar surface area (TPSA) is 59.2 Å². The van der Waals surface area contributed by atoms with Crippen LogP contribution < -0.4 is 5.43 Å². The average molecular weight is 199 g/mol. The number of ether oxygens (including phenoxy) is 1. The van der Waals surface area contributed by atoms with E-state index in [2.05, 4.69) is 9.72 Å². The number of hydrogen-bond donors (Lipinski definition) is 1. The summed E-state index contributed by atoms with van der Waals surface area (Å²) in [4.78, 5) is 24.3. The number of aromatic amines is 1. The summed E-state index contributed by atoms with van der Waals surface area (Å²) in [6, 6.07) is 0.800. The minimum atomic E-state index is -0.720. The summed E-state index contributed by atoms with van der Waals surface area (Å²) < 4.78 is 17.1. The van der Waals surface area contributed by atoms with Crippen LogP contribution in [0, 0.1) is 5.95 Å². The van der Waals surface area contributed by atoms with E-state index in [1.165, 1.54) is 6.20 Å². The van der Waals surface area contributed by atoms with E-state index in [1.807, 2.05) is 0 Å². The van der Waals surface area contributed by atoms with Gasteiger partial charge in [0.1, 0.15) is 0 Å². The van der Waals surface area contributed by atoms with Crippen molar-refractivity contribution in [3.05, 3.63) is 34.0 Å². The lowest BCUT2D eigenvalue weighted by atomic mass is 10.2. The third kappa shape index (κ3) is 2.69. The fraction of sp³-hybridized carbons (Fsp3) is 0.333. The lowest BCUT2D eigenvalue weighted by molar-refractivity contribution is -0.142. The second-order valence-corrected chi connectivity index (χ2v) is 2.65. The fourth-order valence-corrected chi connectivity index (χ4v) is 0.982. The molecule has 0 fully saturated rings. The number of nitrogens with one attached hydrogen (secondary N) is 1. The van der Waals surface area contributed by atoms with Crippen LogP contribution in [0.4, 0.5) is 4.39 Å². The van der Waals surface area contributed by atoms with Crippen LogP contribution in [0.2, 0.25) is 0 Å². The Morgan fingerprint density at radius 2 is 2.36 bits per heavy atom. The zero-order chi connectivity index (χ0) is 10.6. The van der Waals surface area contributed by atoms with Gasteiger partial charge in [-0.2, -0.15) is 4.39 Å². The molecule has 0 radical (unpaired) electrons. The molecule has 0 amide bonds. The van der Waals surface area contributed by atoms with E-state index in [0.29, 0.717) is 0 Å². The van der Waals surface area contributed by atoms with Crippen molar-refractivity contribution in [3.63, 3.8) is 0 Å². The first kappa shape index (κ1) is 10.4. The van der Waals surface area contributed by atoms with Gasteiger partial charge in [0.15, 0.2) is 11.4 Å². The van der Waals surface area contributed by atoms with Crippen LogP contribution in [-0.4, -0.2) is 17.6 Å². The van der Waals surface area contributed by atoms with Gasteiger partial charge >= 0.3 is 5.97 Å². The molecule has 1 rings (SSSR count). The minimum absolute atomic E-state index is 0.135. The predicted octanol–water partition coefficient (Wildman–Crippen LogP) is 0.620. The quantitative estimate of drug-likeness (QED) is 0.573. The third-order valence-electron chi connectivity index (χ3n) is 1.60. The lowest BCUT2D eigenvalue weighted by Gasteiger charge is -2.00. The number of H-pyrrole nitrogens is 1. The van der Waals surface area contributed by atoms with E-state index in [-0.39, 0.29) is 18.6 Å². The highest BCUT2D eigenvalue weighted by atomic mass is 19.1. The monoisotopic (exact) mass is 199 g/mol. The molecule has 0 bridgehead atoms. The van der Waals surface area contributed by atoms with Crippen molar-refractivity contribution in [2.24, 2.45) is 0 Å². The molecule has 1 aromatic rings. The number of pyridine rings is 1. The second kappa shape index (κ2) is 4.55. The highest BCUT2D eigenvalue weighted by molar-refractivity contribution is 5.72. The third-order valence-corrected chi connectivity index (χ3v) is 1.60. The van der Waals surface area contributed by atoms with Gasteiger partial charge in [0, 0.05) is 17.8 Å². The standard InChI is InChI=1S/C9H10FNO3/c1-2-14-9(13)3-6-5-11-8(10)4-7(6)12/h4-5H,2-3H2,1H3,(H,11,12). The Bertz CT molecular complexity index is 386. The van der Waals surface area contributed by atoms with E-state index in [9.17, 15) is 14.0 Å². The van der Waals surface area contributed by atoms with Crippen LogP contribution in [0.3, 0.4) is 0 Å². The Morgan fingerprint density at radius 1 is 1.64 bits per heavy atom. The molecule has 1 heterocycles. The number of hydrogen-bond acceptors (Lipinski definition) is 3. The number of carbonyl (C=O) groups is 1. The normalized spacial score (nSPS) is 9.86. The van der Waals surface area contributed by atoms with Crippen molar-refractivity contribution in [3.8, 4) is 0 Å². The van der Waals surface area contributed by atoms with E-state index in [1.54, 1.807) is 6.92 Å². The number of carbonyl (C=O) groups excluding carboxylic acids is 1. The second-order valence-electron chi connectivity index (χ2n) is 2.65. The van der Waals surface area contributed by atoms with Crippen LogP contribution in [0.15, 0.2) is 17.1 Å². The van der Waals surface area contributed by atoms with Gasteiger partial charge in [0.25, 0.3) is 0 Å². The molecular weight excluding hydrogens is 189 g/mol. The molecule has 0 spiro atoms. The van der Waals surface area contributed by atoms with Gasteiger partial charge in [-0.1, -0.05) is 0 Å². The Kier molecular flexibility index (Phi) is 3.39. The molecule has 0 unspecified atom stereocenters. The summed E-state index contributed by atoms with van der Waals surface area (Å²) in [5.41, 5.74) is -0.306. The SMILES string of the molecule is CCOC(=O)Cc1c[nH]c(F)cc1=O. The van der Waals surface area contributed by atoms with Gasteiger partial charge in [-0.3, -0.25) is 9.59 Å². The Labute approximate surface area is 79.7 Å². The van der Waals surface area contributed by atoms with Crippen LogP contribution in [0.5, 0.6) is 0 Å². The van der Waals surface area contributed by atoms with Crippen molar-refractivity contribution in [1.82, 2.24) is 4.98 Å². The van der Waals surface area contributed by atoms with E-state index < -0.39 is 17.3 Å². The van der Waals surface area contributed by atoms with Crippen molar-refractivity contribution in [1.29, 1.82) is 0 Å². The number of esters is 1. The molecule has 1 N–H and O–H groups in total. The highest BCUT2D eigenvalue weighted by Crippen LogP contribution is 1.95. The number of aromatic nitrogens is 1. The van der Waals surface area contributed by atoms with Gasteiger partial charge < -0.3 is 9.72 Å². The number of halogens is 1. The maximum Gasteiger partial charge on any atom is 0.310 e. The molecule has 0 atom stereocenters. The van der Waals surface area contributed by atoms with E-state index in [0.717, 1.165) is 6.07 Å². The molecule has 76 valence electrons. The van der Waals surface area contributed by atoms with Crippen LogP contribution in [0.25, 0.3) is 0 Å². The molecule has 5 heteroatoms. The van der Waals surface area contributed by atoms with Crippen molar-refractivity contribution in [2.75, 3.05) is 6.61 Å². The molecule has 14 heavy (non-hydrogen) atoms. The minimum Gasteiger partial charge on any atom is -0.466 e. The summed E-state index contributed by atoms with van der Waals surface area (Å²) >= 11 is 0. The van der Waals surface area contributed by atoms with E-state index in [4.69, 9.17) is 0 Å². The first-order chi connectivity index (χ1) is 6.63. The summed E-state index contributed by atoms with van der Waals surface area (Å²) in [7, 11) is 0. The number of rotatable bonds is 3. The predicted molar refractivity (Wildman–Crippen MR) is 47.4 cm³/mol. The van der Waals surface area contributed by atoms with Crippen molar-refractivity contribution < 1.29 is 13.9 Å². The van der Waals surface area contributed by atoms with Gasteiger partial charge in [0.05, 0.1) is 13.0 Å². The molecule has 0 saturated carbocycles. The zero-order valence-electron chi connectivity index (χ0n) is 7.67. The fourth-order valence-electron chi connectivity index (χ4n) is 0.982. The van der Waals surface area contributed by atoms with Crippen LogP contribution in [0.1, 0.15) is 12.5 Å². The molecular formula is C9H10FNO3. The maximum absolute atomic E-state index is 12.5. The Balaban J connectivity index is 2.77. The summed E-state index contributed by atoms with van der Waals surface area (Å²) in [6.07, 6.45) is 1.04. The molecule has 4 nitrogen and oxygen atoms in total. The van der Waals surface area contributed by atoms with Gasteiger partial charge in [-0.25, -0.2) is 0 Å².